The molecule has 2 aromatic carbocycles. The molecule has 1 aliphatic heterocycles. The van der Waals surface area contributed by atoms with E-state index in [1.807, 2.05) is 6.07 Å². The first kappa shape index (κ1) is 21.5. The first-order chi connectivity index (χ1) is 14.5. The lowest BCUT2D eigenvalue weighted by Crippen LogP contribution is -2.39. The predicted molar refractivity (Wildman–Crippen MR) is 127 cm³/mol. The number of rotatable bonds is 6. The number of hydrogen-bond acceptors (Lipinski definition) is 5. The molecule has 1 aliphatic rings. The monoisotopic (exact) mass is 504 g/mol. The molecule has 7 heteroatoms. The summed E-state index contributed by atoms with van der Waals surface area (Å²) in [5.74, 6) is 0. The molecule has 0 atom stereocenters. The molecule has 1 aromatic heterocycles. The van der Waals surface area contributed by atoms with Gasteiger partial charge in [0.05, 0.1) is 15.8 Å². The summed E-state index contributed by atoms with van der Waals surface area (Å²) >= 11 is 5.02. The summed E-state index contributed by atoms with van der Waals surface area (Å²) in [5, 5.41) is 2.78. The minimum absolute atomic E-state index is 0.334. The Bertz CT molecular complexity index is 1100. The van der Waals surface area contributed by atoms with Crippen LogP contribution in [0.3, 0.4) is 0 Å². The van der Waals surface area contributed by atoms with E-state index in [0.717, 1.165) is 41.2 Å². The molecule has 0 amide bonds. The van der Waals surface area contributed by atoms with Crippen LogP contribution in [-0.2, 0) is 22.7 Å². The quantitative estimate of drug-likeness (QED) is 0.444. The third kappa shape index (κ3) is 4.79. The van der Waals surface area contributed by atoms with Crippen molar-refractivity contribution < 1.29 is 8.42 Å². The number of hydrogen-bond donors (Lipinski definition) is 0. The van der Waals surface area contributed by atoms with Crippen molar-refractivity contribution in [3.05, 3.63) is 75.2 Å². The number of anilines is 1. The van der Waals surface area contributed by atoms with Gasteiger partial charge in [-0.2, -0.15) is 0 Å². The van der Waals surface area contributed by atoms with Gasteiger partial charge in [0.25, 0.3) is 0 Å². The highest BCUT2D eigenvalue weighted by atomic mass is 79.9. The van der Waals surface area contributed by atoms with Crippen molar-refractivity contribution in [1.82, 2.24) is 4.98 Å². The molecule has 0 unspecified atom stereocenters. The normalized spacial score (nSPS) is 15.5. The van der Waals surface area contributed by atoms with Gasteiger partial charge in [0.15, 0.2) is 15.0 Å². The second kappa shape index (κ2) is 9.20. The van der Waals surface area contributed by atoms with Crippen LogP contribution in [0.5, 0.6) is 0 Å². The maximum atomic E-state index is 13.0. The molecule has 4 nitrogen and oxygen atoms in total. The molecule has 1 fully saturated rings. The molecule has 0 N–H and O–H groups in total. The lowest BCUT2D eigenvalue weighted by Gasteiger charge is -2.31. The van der Waals surface area contributed by atoms with Crippen molar-refractivity contribution in [2.24, 2.45) is 0 Å². The Balaban J connectivity index is 1.38. The van der Waals surface area contributed by atoms with Crippen LogP contribution in [0.1, 0.15) is 36.6 Å². The summed E-state index contributed by atoms with van der Waals surface area (Å²) in [4.78, 5) is 7.44. The van der Waals surface area contributed by atoms with Gasteiger partial charge < -0.3 is 4.90 Å². The molecule has 0 bridgehead atoms. The number of halogens is 1. The van der Waals surface area contributed by atoms with Crippen molar-refractivity contribution in [3.8, 4) is 0 Å². The van der Waals surface area contributed by atoms with Crippen LogP contribution in [0.2, 0.25) is 0 Å². The van der Waals surface area contributed by atoms with Gasteiger partial charge in [0.1, 0.15) is 0 Å². The Morgan fingerprint density at radius 2 is 1.80 bits per heavy atom. The van der Waals surface area contributed by atoms with Crippen molar-refractivity contribution in [2.45, 2.75) is 42.8 Å². The van der Waals surface area contributed by atoms with E-state index in [1.54, 1.807) is 29.5 Å². The van der Waals surface area contributed by atoms with Crippen molar-refractivity contribution in [2.75, 3.05) is 18.0 Å². The van der Waals surface area contributed by atoms with Crippen LogP contribution in [-0.4, -0.2) is 31.7 Å². The standard InChI is InChI=1S/C23H25BrN2O2S2/c1-2-17-6-8-18(9-7-17)14-20-16-29-23(25-20)26-12-10-21(11-13-26)30(27,28)22-5-3-4-19(24)15-22/h3-9,15-16,21H,2,10-14H2,1H3. The summed E-state index contributed by atoms with van der Waals surface area (Å²) in [6.07, 6.45) is 3.13. The molecule has 0 saturated carbocycles. The molecule has 3 aromatic rings. The SMILES string of the molecule is CCc1ccc(Cc2csc(N3CCC(S(=O)(=O)c4cccc(Br)c4)CC3)n2)cc1. The zero-order valence-corrected chi connectivity index (χ0v) is 20.1. The minimum atomic E-state index is -3.31. The highest BCUT2D eigenvalue weighted by Crippen LogP contribution is 2.30. The van der Waals surface area contributed by atoms with Gasteiger partial charge in [0, 0.05) is 29.4 Å². The smallest absolute Gasteiger partial charge is 0.185 e. The predicted octanol–water partition coefficient (Wildman–Crippen LogP) is 5.50. The summed E-state index contributed by atoms with van der Waals surface area (Å²) < 4.78 is 26.8. The van der Waals surface area contributed by atoms with Crippen LogP contribution in [0.4, 0.5) is 5.13 Å². The summed E-state index contributed by atoms with van der Waals surface area (Å²) in [6, 6.07) is 15.7. The zero-order chi connectivity index (χ0) is 21.1. The topological polar surface area (TPSA) is 50.3 Å². The highest BCUT2D eigenvalue weighted by Gasteiger charge is 2.32. The average molecular weight is 506 g/mol. The van der Waals surface area contributed by atoms with Crippen LogP contribution < -0.4 is 4.90 Å². The van der Waals surface area contributed by atoms with E-state index in [0.29, 0.717) is 17.7 Å². The van der Waals surface area contributed by atoms with Gasteiger partial charge in [-0.15, -0.1) is 11.3 Å². The van der Waals surface area contributed by atoms with Gasteiger partial charge in [-0.1, -0.05) is 53.2 Å². The largest absolute Gasteiger partial charge is 0.348 e. The van der Waals surface area contributed by atoms with E-state index in [2.05, 4.69) is 57.4 Å². The van der Waals surface area contributed by atoms with Crippen LogP contribution in [0, 0.1) is 0 Å². The third-order valence-electron chi connectivity index (χ3n) is 5.63. The minimum Gasteiger partial charge on any atom is -0.348 e. The summed E-state index contributed by atoms with van der Waals surface area (Å²) in [5.41, 5.74) is 3.68. The maximum Gasteiger partial charge on any atom is 0.185 e. The van der Waals surface area contributed by atoms with Crippen molar-refractivity contribution >= 4 is 42.2 Å². The second-order valence-electron chi connectivity index (χ2n) is 7.66. The second-order valence-corrected chi connectivity index (χ2v) is 11.6. The van der Waals surface area contributed by atoms with Gasteiger partial charge >= 0.3 is 0 Å². The third-order valence-corrected chi connectivity index (χ3v) is 9.34. The van der Waals surface area contributed by atoms with E-state index >= 15 is 0 Å². The molecule has 4 rings (SSSR count). The molecule has 1 saturated heterocycles. The van der Waals surface area contributed by atoms with Crippen LogP contribution in [0.15, 0.2) is 63.3 Å². The number of sulfone groups is 1. The van der Waals surface area contributed by atoms with E-state index < -0.39 is 9.84 Å². The first-order valence-corrected chi connectivity index (χ1v) is 13.4. The lowest BCUT2D eigenvalue weighted by atomic mass is 10.1. The summed E-state index contributed by atoms with van der Waals surface area (Å²) in [7, 11) is -3.31. The number of benzene rings is 2. The number of thiazole rings is 1. The molecule has 30 heavy (non-hydrogen) atoms. The van der Waals surface area contributed by atoms with Gasteiger partial charge in [-0.25, -0.2) is 13.4 Å². The molecule has 2 heterocycles. The fourth-order valence-electron chi connectivity index (χ4n) is 3.82. The zero-order valence-electron chi connectivity index (χ0n) is 16.9. The average Bonchev–Trinajstić information content (AvgIpc) is 3.23. The molecular formula is C23H25BrN2O2S2. The van der Waals surface area contributed by atoms with E-state index in [-0.39, 0.29) is 5.25 Å². The Hall–Kier alpha value is -1.70. The Morgan fingerprint density at radius 1 is 1.10 bits per heavy atom. The van der Waals surface area contributed by atoms with E-state index in [4.69, 9.17) is 4.98 Å². The Morgan fingerprint density at radius 3 is 2.47 bits per heavy atom. The lowest BCUT2D eigenvalue weighted by molar-refractivity contribution is 0.529. The van der Waals surface area contributed by atoms with E-state index in [9.17, 15) is 8.42 Å². The number of nitrogens with zero attached hydrogens (tertiary/aromatic N) is 2. The number of aryl methyl sites for hydroxylation is 1. The fraction of sp³-hybridized carbons (Fsp3) is 0.348. The molecule has 0 spiro atoms. The van der Waals surface area contributed by atoms with E-state index in [1.165, 1.54) is 11.1 Å². The summed E-state index contributed by atoms with van der Waals surface area (Å²) in [6.45, 7) is 3.60. The Kier molecular flexibility index (Phi) is 6.60. The van der Waals surface area contributed by atoms with Crippen molar-refractivity contribution in [3.63, 3.8) is 0 Å². The van der Waals surface area contributed by atoms with Crippen LogP contribution in [0.25, 0.3) is 0 Å². The Labute approximate surface area is 191 Å². The van der Waals surface area contributed by atoms with Crippen molar-refractivity contribution in [1.29, 1.82) is 0 Å². The molecular weight excluding hydrogens is 480 g/mol. The number of aromatic nitrogens is 1. The van der Waals surface area contributed by atoms with Gasteiger partial charge in [0.2, 0.25) is 0 Å². The highest BCUT2D eigenvalue weighted by molar-refractivity contribution is 9.10. The van der Waals surface area contributed by atoms with Gasteiger partial charge in [-0.05, 0) is 48.6 Å². The van der Waals surface area contributed by atoms with Gasteiger partial charge in [-0.3, -0.25) is 0 Å². The maximum absolute atomic E-state index is 13.0. The number of piperidine rings is 1. The molecule has 0 radical (unpaired) electrons. The molecule has 158 valence electrons. The fourth-order valence-corrected chi connectivity index (χ4v) is 7.02. The first-order valence-electron chi connectivity index (χ1n) is 10.2. The van der Waals surface area contributed by atoms with Crippen LogP contribution >= 0.6 is 27.3 Å². The molecule has 0 aliphatic carbocycles.